The maximum absolute atomic E-state index is 5.50. The standard InChI is InChI=1S/4C4H9I.C4H8N4P.C2H5.4CH3N.3CH4.3HI.V/c4*1-3-4(2)5;1-5-9(6-2,7-3)8-4;5*1-2;;;;;;;/h4*4H,3H2,1-2H3;1-4H2;1H2,2H3;4*2H,1H2;3*1H4;3*1H;/q;;;;+1;-1;;;;;;;;;;;+3/p-3. The molecule has 0 rings (SSSR count). The molecule has 0 amide bonds. The summed E-state index contributed by atoms with van der Waals surface area (Å²) in [5, 5.41) is 22.0. The Morgan fingerprint density at radius 1 is 0.500 bits per heavy atom. The van der Waals surface area contributed by atoms with Gasteiger partial charge in [-0.1, -0.05) is 187 Å². The van der Waals surface area contributed by atoms with E-state index in [9.17, 15) is 0 Å². The Bertz CT molecular complexity index is 409. The van der Waals surface area contributed by atoms with Crippen molar-refractivity contribution in [2.75, 3.05) is 0 Å². The summed E-state index contributed by atoms with van der Waals surface area (Å²) in [6.45, 7) is 45.6. The third kappa shape index (κ3) is 186. The summed E-state index contributed by atoms with van der Waals surface area (Å²) < 4.78 is 17.6. The van der Waals surface area contributed by atoms with Crippen molar-refractivity contribution in [2.24, 2.45) is 19.1 Å². The van der Waals surface area contributed by atoms with Gasteiger partial charge < -0.3 is 28.6 Å². The summed E-state index contributed by atoms with van der Waals surface area (Å²) in [5.41, 5.74) is 0. The second-order valence-electron chi connectivity index (χ2n) is 6.05. The van der Waals surface area contributed by atoms with Gasteiger partial charge in [0, 0.05) is 42.6 Å². The van der Waals surface area contributed by atoms with Crippen LogP contribution < -0.4 is 0 Å². The van der Waals surface area contributed by atoms with Crippen LogP contribution in [0.3, 0.4) is 0 Å². The summed E-state index contributed by atoms with van der Waals surface area (Å²) in [4.78, 5) is -0.278. The summed E-state index contributed by atoms with van der Waals surface area (Å²) in [6.07, 6.45) is 5.17. The van der Waals surface area contributed by atoms with Gasteiger partial charge in [0.15, 0.2) is 0 Å². The van der Waals surface area contributed by atoms with Crippen LogP contribution in [-0.4, -0.2) is 69.4 Å². The van der Waals surface area contributed by atoms with Gasteiger partial charge in [0.2, 0.25) is 0 Å². The van der Waals surface area contributed by atoms with E-state index in [1.807, 2.05) is 0 Å². The van der Waals surface area contributed by atoms with Gasteiger partial charge in [0.05, 0.1) is 0 Å². The molecule has 4 atom stereocenters. The van der Waals surface area contributed by atoms with Gasteiger partial charge in [0.25, 0.3) is 0 Å². The van der Waals surface area contributed by atoms with E-state index in [-0.39, 0.29) is 27.2 Å². The molecule has 0 bridgehead atoms. The fraction of sp³-hybridized carbons (Fsp3) is 0.690. The molecule has 0 aliphatic heterocycles. The first-order valence-corrected chi connectivity index (χ1v) is 32.4. The summed E-state index contributed by atoms with van der Waals surface area (Å²) in [6, 6.07) is 0. The number of halogens is 7. The number of hydrogen-bond donors (Lipinski definition) is 4. The van der Waals surface area contributed by atoms with Crippen molar-refractivity contribution in [1.29, 1.82) is 21.6 Å². The molecule has 8 nitrogen and oxygen atoms in total. The third-order valence-electron chi connectivity index (χ3n) is 3.01. The minimum atomic E-state index is -2.36. The molecule has 0 aliphatic carbocycles. The molecule has 0 aromatic carbocycles. The SMILES string of the molecule is C.C.C.C=N.C=N.C=N.C=N.C=N[P+](N=C)(N=C)N=C.CCC(C)I.CCC(C)I.CCC(C)I.CCC(C)I.[CH2-]C.[I][V]([I])[I]. The van der Waals surface area contributed by atoms with Crippen molar-refractivity contribution in [2.45, 2.75) is 126 Å². The zero-order valence-electron chi connectivity index (χ0n) is 27.8. The molecule has 4 unspecified atom stereocenters. The molecule has 0 spiro atoms. The Labute approximate surface area is 384 Å². The van der Waals surface area contributed by atoms with Crippen LogP contribution in [-0.2, 0) is 4.92 Å². The van der Waals surface area contributed by atoms with Gasteiger partial charge >= 0.3 is 72.7 Å². The Morgan fingerprint density at radius 2 is 0.565 bits per heavy atom. The molecular weight excluding hydrogens is 1430 g/mol. The molecule has 0 heterocycles. The Kier molecular flexibility index (Phi) is 208. The zero-order chi connectivity index (χ0) is 38.0. The van der Waals surface area contributed by atoms with Crippen molar-refractivity contribution in [3.05, 3.63) is 6.92 Å². The average molecular weight is 1500 g/mol. The van der Waals surface area contributed by atoms with E-state index >= 15 is 0 Å². The van der Waals surface area contributed by atoms with E-state index in [4.69, 9.17) is 21.6 Å². The normalized spacial score (nSPS) is 9.70. The van der Waals surface area contributed by atoms with Crippen LogP contribution in [0.25, 0.3) is 0 Å². The van der Waals surface area contributed by atoms with Gasteiger partial charge in [0.1, 0.15) is 0 Å². The number of hydrogen-bond acceptors (Lipinski definition) is 8. The molecule has 0 saturated carbocycles. The van der Waals surface area contributed by atoms with Crippen LogP contribution in [0.5, 0.6) is 0 Å². The third-order valence-corrected chi connectivity index (χ3v) is 8.05. The van der Waals surface area contributed by atoms with E-state index in [2.05, 4.69) is 285 Å². The van der Waals surface area contributed by atoms with Crippen LogP contribution in [0.4, 0.5) is 0 Å². The fourth-order valence-corrected chi connectivity index (χ4v) is 0.805. The van der Waals surface area contributed by atoms with Crippen LogP contribution in [0, 0.1) is 28.6 Å². The molecule has 288 valence electrons. The Morgan fingerprint density at radius 3 is 0.565 bits per heavy atom. The minimum absolute atomic E-state index is 0. The van der Waals surface area contributed by atoms with E-state index < -0.39 is 7.87 Å². The van der Waals surface area contributed by atoms with Gasteiger partial charge in [-0.25, -0.2) is 0 Å². The second kappa shape index (κ2) is 104. The molecule has 4 N–H and O–H groups in total. The zero-order valence-corrected chi connectivity index (χ0v) is 45.2. The molecule has 17 heteroatoms. The summed E-state index contributed by atoms with van der Waals surface area (Å²) in [5.74, 6) is 0. The molecule has 0 aromatic heterocycles. The monoisotopic (exact) mass is 1500 g/mol. The molecule has 0 aromatic rings. The van der Waals surface area contributed by atoms with Crippen LogP contribution in [0.15, 0.2) is 19.1 Å². The Balaban J connectivity index is -0.0000000211. The van der Waals surface area contributed by atoms with Gasteiger partial charge in [-0.2, -0.15) is 6.92 Å². The first kappa shape index (κ1) is 92.4. The van der Waals surface area contributed by atoms with Crippen molar-refractivity contribution in [3.8, 4) is 0 Å². The Hall–Kier alpha value is 3.48. The molecule has 46 heavy (non-hydrogen) atoms. The van der Waals surface area contributed by atoms with E-state index in [1.165, 1.54) is 25.7 Å². The molecule has 0 radical (unpaired) electrons. The van der Waals surface area contributed by atoms with Gasteiger partial charge in [-0.15, -0.1) is 0 Å². The maximum atomic E-state index is 5.50. The van der Waals surface area contributed by atoms with Gasteiger partial charge in [-0.3, -0.25) is 0 Å². The van der Waals surface area contributed by atoms with E-state index in [0.717, 1.165) is 15.7 Å². The fourth-order valence-electron chi connectivity index (χ4n) is 0.268. The predicted octanol–water partition coefficient (Wildman–Crippen LogP) is 16.8. The first-order valence-electron chi connectivity index (χ1n) is 12.3. The van der Waals surface area contributed by atoms with Crippen LogP contribution in [0.1, 0.15) is 110 Å². The number of alkyl halides is 4. The first-order chi connectivity index (χ1) is 20.1. The van der Waals surface area contributed by atoms with Crippen LogP contribution >= 0.6 is 158 Å². The van der Waals surface area contributed by atoms with E-state index in [1.54, 1.807) is 6.92 Å². The van der Waals surface area contributed by atoms with Crippen molar-refractivity contribution >= 4 is 212 Å². The van der Waals surface area contributed by atoms with E-state index in [0.29, 0.717) is 0 Å². The second-order valence-corrected chi connectivity index (χ2v) is 52.1. The van der Waals surface area contributed by atoms with Crippen molar-refractivity contribution in [3.63, 3.8) is 0 Å². The molecule has 0 aliphatic rings. The summed E-state index contributed by atoms with van der Waals surface area (Å²) >= 11 is 17.0. The van der Waals surface area contributed by atoms with Crippen LogP contribution in [0.2, 0.25) is 0 Å². The number of nitrogens with one attached hydrogen (secondary N) is 4. The van der Waals surface area contributed by atoms with Gasteiger partial charge in [-0.05, 0) is 52.6 Å². The van der Waals surface area contributed by atoms with Crippen molar-refractivity contribution < 1.29 is 4.92 Å². The van der Waals surface area contributed by atoms with Crippen molar-refractivity contribution in [1.82, 2.24) is 0 Å². The average Bonchev–Trinajstić information content (AvgIpc) is 3.04. The number of rotatable bonds is 8. The molecular formula is C29H73I7N8PV. The summed E-state index contributed by atoms with van der Waals surface area (Å²) in [7, 11) is -2.36. The topological polar surface area (TPSA) is 145 Å². The molecule has 0 saturated heterocycles. The quantitative estimate of drug-likeness (QED) is 0.0603. The number of nitrogens with zero attached hydrogens (tertiary/aromatic N) is 4. The predicted molar refractivity (Wildman–Crippen MR) is 293 cm³/mol. The molecule has 0 fully saturated rings.